The number of hydrogen-bond donors (Lipinski definition) is 1. The number of hydrogen-bond acceptors (Lipinski definition) is 4. The van der Waals surface area contributed by atoms with E-state index < -0.39 is 28.5 Å². The van der Waals surface area contributed by atoms with Gasteiger partial charge in [-0.05, 0) is 75.2 Å². The summed E-state index contributed by atoms with van der Waals surface area (Å²) < 4.78 is 28.7. The van der Waals surface area contributed by atoms with Crippen molar-refractivity contribution in [1.29, 1.82) is 0 Å². The van der Waals surface area contributed by atoms with Gasteiger partial charge in [-0.3, -0.25) is 13.9 Å². The van der Waals surface area contributed by atoms with Crippen LogP contribution in [0.3, 0.4) is 0 Å². The number of carbonyl (C=O) groups excluding carboxylic acids is 2. The van der Waals surface area contributed by atoms with Gasteiger partial charge in [-0.2, -0.15) is 0 Å². The predicted octanol–water partition coefficient (Wildman–Crippen LogP) is 6.48. The molecule has 1 N–H and O–H groups in total. The normalized spacial score (nSPS) is 12.9. The Labute approximate surface area is 251 Å². The zero-order chi connectivity index (χ0) is 29.6. The van der Waals surface area contributed by atoms with Crippen LogP contribution in [0, 0.1) is 6.92 Å². The quantitative estimate of drug-likeness (QED) is 0.265. The Kier molecular flexibility index (Phi) is 10.9. The lowest BCUT2D eigenvalue weighted by atomic mass is 10.1. The number of aryl methyl sites for hydroxylation is 1. The Morgan fingerprint density at radius 2 is 1.60 bits per heavy atom. The first-order chi connectivity index (χ1) is 18.8. The highest BCUT2D eigenvalue weighted by Gasteiger charge is 2.33. The number of anilines is 1. The molecular formula is C29H32Cl3N3O4S. The van der Waals surface area contributed by atoms with Gasteiger partial charge in [0, 0.05) is 17.6 Å². The van der Waals surface area contributed by atoms with E-state index in [1.807, 2.05) is 20.8 Å². The Bertz CT molecular complexity index is 1470. The maximum atomic E-state index is 13.9. The van der Waals surface area contributed by atoms with Crippen LogP contribution in [0.2, 0.25) is 15.1 Å². The first kappa shape index (κ1) is 31.7. The number of carbonyl (C=O) groups is 2. The predicted molar refractivity (Wildman–Crippen MR) is 162 cm³/mol. The largest absolute Gasteiger partial charge is 0.352 e. The molecule has 7 nitrogen and oxygen atoms in total. The van der Waals surface area contributed by atoms with Gasteiger partial charge in [-0.15, -0.1) is 0 Å². The maximum absolute atomic E-state index is 13.9. The molecule has 0 aliphatic rings. The molecule has 3 aromatic rings. The molecule has 11 heteroatoms. The summed E-state index contributed by atoms with van der Waals surface area (Å²) in [6, 6.07) is 16.5. The average molecular weight is 625 g/mol. The number of rotatable bonds is 11. The molecule has 214 valence electrons. The van der Waals surface area contributed by atoms with Gasteiger partial charge in [-0.1, -0.05) is 71.6 Å². The molecule has 0 spiro atoms. The second-order valence-corrected chi connectivity index (χ2v) is 12.7. The number of nitrogens with one attached hydrogen (secondary N) is 1. The topological polar surface area (TPSA) is 86.8 Å². The number of amides is 2. The van der Waals surface area contributed by atoms with Crippen molar-refractivity contribution >= 4 is 62.3 Å². The smallest absolute Gasteiger partial charge is 0.264 e. The molecule has 3 aromatic carbocycles. The van der Waals surface area contributed by atoms with Crippen molar-refractivity contribution < 1.29 is 18.0 Å². The van der Waals surface area contributed by atoms with Crippen molar-refractivity contribution in [2.75, 3.05) is 10.8 Å². The van der Waals surface area contributed by atoms with Gasteiger partial charge in [-0.25, -0.2) is 8.42 Å². The third kappa shape index (κ3) is 7.91. The van der Waals surface area contributed by atoms with Crippen molar-refractivity contribution in [3.63, 3.8) is 0 Å². The molecule has 0 saturated carbocycles. The second-order valence-electron chi connectivity index (χ2n) is 9.57. The SMILES string of the molecule is CC[C@@H](C)NC(=O)[C@@H](C)N(Cc1ccc(Cl)c(Cl)c1)C(=O)CN(c1cccc(Cl)c1)S(=O)(=O)c1ccc(C)cc1. The van der Waals surface area contributed by atoms with Gasteiger partial charge in [0.15, 0.2) is 0 Å². The summed E-state index contributed by atoms with van der Waals surface area (Å²) in [5.41, 5.74) is 1.73. The summed E-state index contributed by atoms with van der Waals surface area (Å²) in [7, 11) is -4.18. The van der Waals surface area contributed by atoms with E-state index in [0.717, 1.165) is 9.87 Å². The standard InChI is InChI=1S/C29H32Cl3N3O4S/c1-5-20(3)33-29(37)21(4)34(17-22-11-14-26(31)27(32)15-22)28(36)18-35(24-8-6-7-23(30)16-24)40(38,39)25-12-9-19(2)10-13-25/h6-16,20-21H,5,17-18H2,1-4H3,(H,33,37)/t20-,21-/m1/s1. The number of benzene rings is 3. The minimum Gasteiger partial charge on any atom is -0.352 e. The van der Waals surface area contributed by atoms with Gasteiger partial charge in [0.25, 0.3) is 10.0 Å². The van der Waals surface area contributed by atoms with Crippen molar-refractivity contribution in [3.05, 3.63) is 92.9 Å². The fraction of sp³-hybridized carbons (Fsp3) is 0.310. The first-order valence-electron chi connectivity index (χ1n) is 12.7. The van der Waals surface area contributed by atoms with Gasteiger partial charge in [0.05, 0.1) is 20.6 Å². The zero-order valence-corrected chi connectivity index (χ0v) is 25.8. The Morgan fingerprint density at radius 1 is 0.925 bits per heavy atom. The van der Waals surface area contributed by atoms with Crippen LogP contribution in [-0.2, 0) is 26.2 Å². The first-order valence-corrected chi connectivity index (χ1v) is 15.3. The minimum absolute atomic E-state index is 0.00121. The number of nitrogens with zero attached hydrogens (tertiary/aromatic N) is 2. The molecule has 0 bridgehead atoms. The molecular weight excluding hydrogens is 593 g/mol. The molecule has 0 fully saturated rings. The fourth-order valence-corrected chi connectivity index (χ4v) is 5.79. The molecule has 0 aromatic heterocycles. The summed E-state index contributed by atoms with van der Waals surface area (Å²) in [5, 5.41) is 3.85. The van der Waals surface area contributed by atoms with Crippen molar-refractivity contribution in [3.8, 4) is 0 Å². The lowest BCUT2D eigenvalue weighted by Crippen LogP contribution is -2.52. The van der Waals surface area contributed by atoms with Crippen LogP contribution in [0.1, 0.15) is 38.3 Å². The van der Waals surface area contributed by atoms with E-state index in [2.05, 4.69) is 5.32 Å². The summed E-state index contributed by atoms with van der Waals surface area (Å²) >= 11 is 18.5. The van der Waals surface area contributed by atoms with Crippen molar-refractivity contribution in [2.24, 2.45) is 0 Å². The highest BCUT2D eigenvalue weighted by Crippen LogP contribution is 2.28. The van der Waals surface area contributed by atoms with Crippen LogP contribution in [0.25, 0.3) is 0 Å². The Morgan fingerprint density at radius 3 is 2.20 bits per heavy atom. The van der Waals surface area contributed by atoms with E-state index in [-0.39, 0.29) is 29.1 Å². The van der Waals surface area contributed by atoms with E-state index in [4.69, 9.17) is 34.8 Å². The molecule has 0 unspecified atom stereocenters. The third-order valence-electron chi connectivity index (χ3n) is 6.49. The van der Waals surface area contributed by atoms with E-state index in [9.17, 15) is 18.0 Å². The molecule has 2 atom stereocenters. The van der Waals surface area contributed by atoms with Gasteiger partial charge >= 0.3 is 0 Å². The van der Waals surface area contributed by atoms with Gasteiger partial charge < -0.3 is 10.2 Å². The van der Waals surface area contributed by atoms with E-state index >= 15 is 0 Å². The van der Waals surface area contributed by atoms with Gasteiger partial charge in [0.1, 0.15) is 12.6 Å². The lowest BCUT2D eigenvalue weighted by molar-refractivity contribution is -0.139. The molecule has 3 rings (SSSR count). The Balaban J connectivity index is 2.04. The maximum Gasteiger partial charge on any atom is 0.264 e. The van der Waals surface area contributed by atoms with Crippen LogP contribution >= 0.6 is 34.8 Å². The molecule has 0 saturated heterocycles. The average Bonchev–Trinajstić information content (AvgIpc) is 2.91. The van der Waals surface area contributed by atoms with Crippen LogP contribution < -0.4 is 9.62 Å². The van der Waals surface area contributed by atoms with Crippen LogP contribution in [0.15, 0.2) is 71.6 Å². The van der Waals surface area contributed by atoms with Crippen molar-refractivity contribution in [1.82, 2.24) is 10.2 Å². The van der Waals surface area contributed by atoms with Crippen LogP contribution in [0.4, 0.5) is 5.69 Å². The van der Waals surface area contributed by atoms with E-state index in [0.29, 0.717) is 27.1 Å². The van der Waals surface area contributed by atoms with Crippen LogP contribution in [0.5, 0.6) is 0 Å². The second kappa shape index (κ2) is 13.7. The highest BCUT2D eigenvalue weighted by molar-refractivity contribution is 7.92. The third-order valence-corrected chi connectivity index (χ3v) is 9.25. The van der Waals surface area contributed by atoms with Crippen LogP contribution in [-0.4, -0.2) is 43.8 Å². The van der Waals surface area contributed by atoms with Gasteiger partial charge in [0.2, 0.25) is 11.8 Å². The van der Waals surface area contributed by atoms with E-state index in [1.54, 1.807) is 55.5 Å². The highest BCUT2D eigenvalue weighted by atomic mass is 35.5. The molecule has 2 amide bonds. The van der Waals surface area contributed by atoms with E-state index in [1.165, 1.54) is 23.1 Å². The monoisotopic (exact) mass is 623 g/mol. The molecule has 0 radical (unpaired) electrons. The summed E-state index contributed by atoms with van der Waals surface area (Å²) in [5.74, 6) is -0.952. The zero-order valence-electron chi connectivity index (χ0n) is 22.7. The molecule has 40 heavy (non-hydrogen) atoms. The minimum atomic E-state index is -4.18. The Hall–Kier alpha value is -2.78. The van der Waals surface area contributed by atoms with Crippen molar-refractivity contribution in [2.45, 2.75) is 57.6 Å². The number of halogens is 3. The molecule has 0 aliphatic heterocycles. The fourth-order valence-electron chi connectivity index (χ4n) is 3.88. The lowest BCUT2D eigenvalue weighted by Gasteiger charge is -2.32. The summed E-state index contributed by atoms with van der Waals surface area (Å²) in [6.45, 7) is 6.68. The molecule has 0 aliphatic carbocycles. The number of sulfonamides is 1. The summed E-state index contributed by atoms with van der Waals surface area (Å²) in [6.07, 6.45) is 0.705. The molecule has 0 heterocycles. The summed E-state index contributed by atoms with van der Waals surface area (Å²) in [4.78, 5) is 28.4.